The van der Waals surface area contributed by atoms with Crippen LogP contribution in [0.1, 0.15) is 45.6 Å². The summed E-state index contributed by atoms with van der Waals surface area (Å²) in [6, 6.07) is 7.69. The molecule has 1 fully saturated rings. The second-order valence-electron chi connectivity index (χ2n) is 7.04. The van der Waals surface area contributed by atoms with Crippen molar-refractivity contribution in [3.05, 3.63) is 29.8 Å². The van der Waals surface area contributed by atoms with Crippen LogP contribution in [-0.2, 0) is 19.1 Å². The summed E-state index contributed by atoms with van der Waals surface area (Å²) in [4.78, 5) is 49.9. The predicted octanol–water partition coefficient (Wildman–Crippen LogP) is 1.93. The van der Waals surface area contributed by atoms with Crippen LogP contribution in [0.3, 0.4) is 0 Å². The Morgan fingerprint density at radius 3 is 2.69 bits per heavy atom. The topological polar surface area (TPSA) is 129 Å². The Morgan fingerprint density at radius 2 is 2.03 bits per heavy atom. The molecule has 0 unspecified atom stereocenters. The number of para-hydroxylation sites is 1. The van der Waals surface area contributed by atoms with Crippen LogP contribution in [0.4, 0.5) is 10.5 Å². The number of hydrogen-bond donors (Lipinski definition) is 2. The summed E-state index contributed by atoms with van der Waals surface area (Å²) < 4.78 is 5.06. The van der Waals surface area contributed by atoms with E-state index in [0.717, 1.165) is 17.7 Å². The van der Waals surface area contributed by atoms with Gasteiger partial charge in [0.05, 0.1) is 11.3 Å². The van der Waals surface area contributed by atoms with Crippen molar-refractivity contribution in [2.45, 2.75) is 51.7 Å². The van der Waals surface area contributed by atoms with Gasteiger partial charge in [-0.15, -0.1) is 0 Å². The lowest BCUT2D eigenvalue weighted by Gasteiger charge is -2.21. The van der Waals surface area contributed by atoms with Crippen molar-refractivity contribution in [1.82, 2.24) is 10.2 Å². The Kier molecular flexibility index (Phi) is 6.93. The first-order chi connectivity index (χ1) is 13.7. The number of hydrogen-bond acceptors (Lipinski definition) is 6. The Bertz CT molecular complexity index is 863. The predicted molar refractivity (Wildman–Crippen MR) is 104 cm³/mol. The number of carbonyl (C=O) groups excluding carboxylic acids is 4. The van der Waals surface area contributed by atoms with E-state index in [-0.39, 0.29) is 5.56 Å². The minimum absolute atomic E-state index is 0.269. The van der Waals surface area contributed by atoms with Crippen LogP contribution >= 0.6 is 0 Å². The molecule has 2 N–H and O–H groups in total. The van der Waals surface area contributed by atoms with Gasteiger partial charge in [0, 0.05) is 0 Å². The lowest BCUT2D eigenvalue weighted by Crippen LogP contribution is -2.44. The first kappa shape index (κ1) is 21.9. The molecule has 0 aliphatic carbocycles. The number of benzene rings is 1. The van der Waals surface area contributed by atoms with Crippen LogP contribution < -0.4 is 10.6 Å². The number of anilines is 1. The SMILES string of the molecule is CCCC[C@@]1(C)NC(=O)N(CC(=O)O[C@H](C)C(=O)Nc2ccccc2C#N)C1=O. The molecule has 0 bridgehead atoms. The fourth-order valence-electron chi connectivity index (χ4n) is 2.93. The third-order valence-corrected chi connectivity index (χ3v) is 4.65. The van der Waals surface area contributed by atoms with Gasteiger partial charge in [-0.3, -0.25) is 19.3 Å². The summed E-state index contributed by atoms with van der Waals surface area (Å²) in [7, 11) is 0. The molecule has 0 aromatic heterocycles. The lowest BCUT2D eigenvalue weighted by atomic mass is 9.95. The summed E-state index contributed by atoms with van der Waals surface area (Å²) in [5.74, 6) is -2.01. The number of carbonyl (C=O) groups is 4. The molecule has 4 amide bonds. The van der Waals surface area contributed by atoms with Gasteiger partial charge in [0.2, 0.25) is 0 Å². The standard InChI is InChI=1S/C20H24N4O5/c1-4-5-10-20(3)18(27)24(19(28)23-20)12-16(25)29-13(2)17(26)22-15-9-7-6-8-14(15)11-21/h6-9,13H,4-5,10,12H2,1-3H3,(H,22,26)(H,23,28)/t13-,20-/m1/s1. The van der Waals surface area contributed by atoms with Gasteiger partial charge >= 0.3 is 12.0 Å². The molecule has 1 aromatic rings. The number of esters is 1. The molecule has 9 heteroatoms. The van der Waals surface area contributed by atoms with E-state index in [2.05, 4.69) is 10.6 Å². The molecule has 0 spiro atoms. The zero-order valence-corrected chi connectivity index (χ0v) is 16.7. The van der Waals surface area contributed by atoms with Crippen LogP contribution in [0.25, 0.3) is 0 Å². The average molecular weight is 400 g/mol. The number of amides is 4. The molecule has 1 saturated heterocycles. The van der Waals surface area contributed by atoms with E-state index in [1.807, 2.05) is 13.0 Å². The average Bonchev–Trinajstić information content (AvgIpc) is 2.90. The second kappa shape index (κ2) is 9.19. The van der Waals surface area contributed by atoms with Crippen molar-refractivity contribution < 1.29 is 23.9 Å². The van der Waals surface area contributed by atoms with Crippen LogP contribution in [-0.4, -0.2) is 46.9 Å². The van der Waals surface area contributed by atoms with Gasteiger partial charge in [-0.05, 0) is 32.4 Å². The van der Waals surface area contributed by atoms with E-state index in [1.54, 1.807) is 31.2 Å². The van der Waals surface area contributed by atoms with Crippen LogP contribution in [0.15, 0.2) is 24.3 Å². The van der Waals surface area contributed by atoms with E-state index in [9.17, 15) is 19.2 Å². The number of nitriles is 1. The van der Waals surface area contributed by atoms with Gasteiger partial charge < -0.3 is 15.4 Å². The minimum atomic E-state index is -1.18. The number of nitrogens with one attached hydrogen (secondary N) is 2. The summed E-state index contributed by atoms with van der Waals surface area (Å²) in [6.45, 7) is 4.37. The molecule has 154 valence electrons. The van der Waals surface area contributed by atoms with Gasteiger partial charge in [-0.25, -0.2) is 4.79 Å². The number of imide groups is 1. The van der Waals surface area contributed by atoms with E-state index < -0.39 is 42.0 Å². The maximum absolute atomic E-state index is 12.5. The molecule has 9 nitrogen and oxygen atoms in total. The number of urea groups is 1. The first-order valence-corrected chi connectivity index (χ1v) is 9.35. The number of nitrogens with zero attached hydrogens (tertiary/aromatic N) is 2. The van der Waals surface area contributed by atoms with Gasteiger partial charge in [0.25, 0.3) is 11.8 Å². The van der Waals surface area contributed by atoms with E-state index in [0.29, 0.717) is 12.1 Å². The summed E-state index contributed by atoms with van der Waals surface area (Å²) in [5.41, 5.74) is -0.481. The van der Waals surface area contributed by atoms with Crippen LogP contribution in [0, 0.1) is 11.3 Å². The minimum Gasteiger partial charge on any atom is -0.451 e. The van der Waals surface area contributed by atoms with Crippen LogP contribution in [0.5, 0.6) is 0 Å². The van der Waals surface area contributed by atoms with Crippen molar-refractivity contribution >= 4 is 29.5 Å². The van der Waals surface area contributed by atoms with Gasteiger partial charge in [-0.1, -0.05) is 31.9 Å². The van der Waals surface area contributed by atoms with E-state index in [1.165, 1.54) is 6.92 Å². The molecule has 29 heavy (non-hydrogen) atoms. The quantitative estimate of drug-likeness (QED) is 0.507. The molecular weight excluding hydrogens is 376 g/mol. The normalized spacial score (nSPS) is 19.3. The molecule has 1 aromatic carbocycles. The molecule has 0 radical (unpaired) electrons. The second-order valence-corrected chi connectivity index (χ2v) is 7.04. The van der Waals surface area contributed by atoms with Gasteiger partial charge in [0.15, 0.2) is 6.10 Å². The molecular formula is C20H24N4O5. The number of unbranched alkanes of at least 4 members (excludes halogenated alkanes) is 1. The Hall–Kier alpha value is -3.41. The first-order valence-electron chi connectivity index (χ1n) is 9.35. The zero-order valence-electron chi connectivity index (χ0n) is 16.7. The summed E-state index contributed by atoms with van der Waals surface area (Å²) >= 11 is 0. The van der Waals surface area contributed by atoms with Crippen molar-refractivity contribution in [1.29, 1.82) is 5.26 Å². The van der Waals surface area contributed by atoms with Gasteiger partial charge in [0.1, 0.15) is 18.2 Å². The zero-order chi connectivity index (χ0) is 21.6. The van der Waals surface area contributed by atoms with Crippen molar-refractivity contribution in [3.8, 4) is 6.07 Å². The van der Waals surface area contributed by atoms with Gasteiger partial charge in [-0.2, -0.15) is 5.26 Å². The van der Waals surface area contributed by atoms with E-state index in [4.69, 9.17) is 10.00 Å². The molecule has 1 aliphatic rings. The highest BCUT2D eigenvalue weighted by Crippen LogP contribution is 2.23. The largest absolute Gasteiger partial charge is 0.451 e. The lowest BCUT2D eigenvalue weighted by molar-refractivity contribution is -0.155. The van der Waals surface area contributed by atoms with E-state index >= 15 is 0 Å². The Balaban J connectivity index is 1.94. The van der Waals surface area contributed by atoms with Crippen LogP contribution in [0.2, 0.25) is 0 Å². The highest BCUT2D eigenvalue weighted by molar-refractivity contribution is 6.08. The summed E-state index contributed by atoms with van der Waals surface area (Å²) in [5, 5.41) is 14.2. The smallest absolute Gasteiger partial charge is 0.327 e. The van der Waals surface area contributed by atoms with Crippen molar-refractivity contribution in [2.24, 2.45) is 0 Å². The highest BCUT2D eigenvalue weighted by atomic mass is 16.5. The fraction of sp³-hybridized carbons (Fsp3) is 0.450. The molecule has 0 saturated carbocycles. The third kappa shape index (κ3) is 5.10. The Morgan fingerprint density at radius 1 is 1.34 bits per heavy atom. The fourth-order valence-corrected chi connectivity index (χ4v) is 2.93. The molecule has 1 aliphatic heterocycles. The molecule has 1 heterocycles. The maximum atomic E-state index is 12.5. The highest BCUT2D eigenvalue weighted by Gasteiger charge is 2.48. The summed E-state index contributed by atoms with van der Waals surface area (Å²) in [6.07, 6.45) is 0.905. The molecule has 2 rings (SSSR count). The third-order valence-electron chi connectivity index (χ3n) is 4.65. The monoisotopic (exact) mass is 400 g/mol. The van der Waals surface area contributed by atoms with Crippen molar-refractivity contribution in [2.75, 3.05) is 11.9 Å². The maximum Gasteiger partial charge on any atom is 0.327 e. The number of rotatable bonds is 8. The Labute approximate surface area is 169 Å². The molecule has 2 atom stereocenters. The number of ether oxygens (including phenoxy) is 1. The van der Waals surface area contributed by atoms with Crippen molar-refractivity contribution in [3.63, 3.8) is 0 Å².